The zero-order valence-electron chi connectivity index (χ0n) is 15.6. The van der Waals surface area contributed by atoms with Crippen LogP contribution in [-0.4, -0.2) is 37.6 Å². The van der Waals surface area contributed by atoms with Crippen LogP contribution in [-0.2, 0) is 7.05 Å². The van der Waals surface area contributed by atoms with Crippen molar-refractivity contribution in [2.75, 3.05) is 6.54 Å². The molecule has 0 saturated heterocycles. The van der Waals surface area contributed by atoms with Crippen molar-refractivity contribution in [2.24, 2.45) is 7.05 Å². The van der Waals surface area contributed by atoms with Crippen LogP contribution in [0.4, 0.5) is 0 Å². The Bertz CT molecular complexity index is 988. The number of amides is 1. The van der Waals surface area contributed by atoms with Gasteiger partial charge >= 0.3 is 0 Å². The molecule has 142 valence electrons. The number of nitrogens with zero attached hydrogens (tertiary/aromatic N) is 3. The van der Waals surface area contributed by atoms with Gasteiger partial charge in [-0.1, -0.05) is 19.0 Å². The summed E-state index contributed by atoms with van der Waals surface area (Å²) < 4.78 is 7.08. The number of benzene rings is 1. The van der Waals surface area contributed by atoms with E-state index in [1.165, 1.54) is 6.07 Å². The highest BCUT2D eigenvalue weighted by atomic mass is 16.5. The molecule has 0 fully saturated rings. The third-order valence-corrected chi connectivity index (χ3v) is 4.25. The fraction of sp³-hybridized carbons (Fsp3) is 0.316. The van der Waals surface area contributed by atoms with E-state index in [0.717, 1.165) is 0 Å². The van der Waals surface area contributed by atoms with E-state index in [0.29, 0.717) is 28.8 Å². The van der Waals surface area contributed by atoms with Crippen LogP contribution in [0.2, 0.25) is 0 Å². The quantitative estimate of drug-likeness (QED) is 0.636. The Kier molecular flexibility index (Phi) is 4.89. The van der Waals surface area contributed by atoms with E-state index in [9.17, 15) is 15.0 Å². The van der Waals surface area contributed by atoms with E-state index >= 15 is 0 Å². The second-order valence-corrected chi connectivity index (χ2v) is 6.58. The van der Waals surface area contributed by atoms with Gasteiger partial charge in [0, 0.05) is 31.4 Å². The van der Waals surface area contributed by atoms with Crippen LogP contribution >= 0.6 is 0 Å². The lowest BCUT2D eigenvalue weighted by molar-refractivity contribution is 0.0947. The molecule has 3 rings (SSSR count). The Balaban J connectivity index is 2.25. The second kappa shape index (κ2) is 7.14. The highest BCUT2D eigenvalue weighted by Crippen LogP contribution is 2.42. The normalized spacial score (nSPS) is 11.1. The molecular formula is C19H22N4O4. The molecule has 1 aromatic carbocycles. The van der Waals surface area contributed by atoms with E-state index in [-0.39, 0.29) is 34.8 Å². The Labute approximate surface area is 156 Å². The molecule has 0 bridgehead atoms. The van der Waals surface area contributed by atoms with Crippen molar-refractivity contribution >= 4 is 5.91 Å². The molecule has 0 unspecified atom stereocenters. The average molecular weight is 370 g/mol. The van der Waals surface area contributed by atoms with Gasteiger partial charge in [-0.3, -0.25) is 9.48 Å². The van der Waals surface area contributed by atoms with E-state index in [2.05, 4.69) is 15.6 Å². The summed E-state index contributed by atoms with van der Waals surface area (Å²) in [4.78, 5) is 12.4. The van der Waals surface area contributed by atoms with Crippen LogP contribution in [0.25, 0.3) is 22.5 Å². The summed E-state index contributed by atoms with van der Waals surface area (Å²) in [6.07, 6.45) is 3.33. The summed E-state index contributed by atoms with van der Waals surface area (Å²) in [5.41, 5.74) is 2.17. The van der Waals surface area contributed by atoms with Gasteiger partial charge in [-0.2, -0.15) is 5.10 Å². The van der Waals surface area contributed by atoms with Crippen molar-refractivity contribution < 1.29 is 19.5 Å². The first-order chi connectivity index (χ1) is 12.8. The van der Waals surface area contributed by atoms with Gasteiger partial charge in [0.1, 0.15) is 11.5 Å². The lowest BCUT2D eigenvalue weighted by atomic mass is 9.95. The Morgan fingerprint density at radius 2 is 2.04 bits per heavy atom. The molecule has 0 radical (unpaired) electrons. The second-order valence-electron chi connectivity index (χ2n) is 6.58. The van der Waals surface area contributed by atoms with Gasteiger partial charge in [-0.25, -0.2) is 0 Å². The van der Waals surface area contributed by atoms with Gasteiger partial charge in [-0.15, -0.1) is 0 Å². The number of aromatic hydroxyl groups is 2. The van der Waals surface area contributed by atoms with Gasteiger partial charge in [-0.05, 0) is 24.5 Å². The predicted molar refractivity (Wildman–Crippen MR) is 99.6 cm³/mol. The van der Waals surface area contributed by atoms with Crippen LogP contribution in [0.5, 0.6) is 11.5 Å². The minimum atomic E-state index is -0.381. The van der Waals surface area contributed by atoms with Gasteiger partial charge in [0.15, 0.2) is 11.5 Å². The third kappa shape index (κ3) is 3.38. The number of rotatable bonds is 5. The molecule has 3 aromatic rings. The zero-order chi connectivity index (χ0) is 19.7. The van der Waals surface area contributed by atoms with Crippen LogP contribution in [0, 0.1) is 0 Å². The summed E-state index contributed by atoms with van der Waals surface area (Å²) in [5, 5.41) is 31.3. The minimum Gasteiger partial charge on any atom is -0.508 e. The van der Waals surface area contributed by atoms with E-state index < -0.39 is 0 Å². The maximum absolute atomic E-state index is 12.4. The monoisotopic (exact) mass is 370 g/mol. The fourth-order valence-corrected chi connectivity index (χ4v) is 2.93. The zero-order valence-corrected chi connectivity index (χ0v) is 15.6. The Morgan fingerprint density at radius 1 is 1.30 bits per heavy atom. The molecule has 27 heavy (non-hydrogen) atoms. The first-order valence-corrected chi connectivity index (χ1v) is 8.66. The van der Waals surface area contributed by atoms with Gasteiger partial charge in [0.2, 0.25) is 0 Å². The number of phenolic OH excluding ortho intramolecular Hbond substituents is 2. The molecule has 2 aromatic heterocycles. The summed E-state index contributed by atoms with van der Waals surface area (Å²) in [5.74, 6) is -0.285. The van der Waals surface area contributed by atoms with E-state index in [4.69, 9.17) is 4.52 Å². The number of aryl methyl sites for hydroxylation is 1. The summed E-state index contributed by atoms with van der Waals surface area (Å²) in [7, 11) is 1.76. The number of aromatic nitrogens is 3. The molecule has 0 aliphatic rings. The molecular weight excluding hydrogens is 348 g/mol. The Morgan fingerprint density at radius 3 is 2.63 bits per heavy atom. The SMILES string of the molecule is CCNC(=O)c1noc(-c2cc(C(C)C)c(O)cc2O)c1-c1cnn(C)c1. The van der Waals surface area contributed by atoms with Crippen molar-refractivity contribution in [3.63, 3.8) is 0 Å². The Hall–Kier alpha value is -3.29. The van der Waals surface area contributed by atoms with Crippen molar-refractivity contribution in [3.8, 4) is 33.9 Å². The standard InChI is InChI=1S/C19H22N4O4/c1-5-20-19(26)17-16(11-8-21-23(4)9-11)18(27-22-17)13-6-12(10(2)3)14(24)7-15(13)25/h6-10,24-25H,5H2,1-4H3,(H,20,26). The number of carbonyl (C=O) groups is 1. The smallest absolute Gasteiger partial charge is 0.274 e. The van der Waals surface area contributed by atoms with Crippen molar-refractivity contribution in [2.45, 2.75) is 26.7 Å². The molecule has 3 N–H and O–H groups in total. The van der Waals surface area contributed by atoms with Crippen LogP contribution in [0.15, 0.2) is 29.0 Å². The highest BCUT2D eigenvalue weighted by Gasteiger charge is 2.27. The van der Waals surface area contributed by atoms with Crippen molar-refractivity contribution in [1.82, 2.24) is 20.3 Å². The third-order valence-electron chi connectivity index (χ3n) is 4.25. The molecule has 2 heterocycles. The number of carbonyl (C=O) groups excluding carboxylic acids is 1. The molecule has 0 saturated carbocycles. The van der Waals surface area contributed by atoms with Crippen LogP contribution in [0.3, 0.4) is 0 Å². The fourth-order valence-electron chi connectivity index (χ4n) is 2.93. The largest absolute Gasteiger partial charge is 0.508 e. The van der Waals surface area contributed by atoms with Gasteiger partial charge in [0.05, 0.1) is 17.3 Å². The lowest BCUT2D eigenvalue weighted by Gasteiger charge is -2.12. The molecule has 8 heteroatoms. The van der Waals surface area contributed by atoms with Gasteiger partial charge < -0.3 is 20.1 Å². The van der Waals surface area contributed by atoms with E-state index in [1.54, 1.807) is 30.2 Å². The first kappa shape index (κ1) is 18.5. The number of nitrogens with one attached hydrogen (secondary N) is 1. The molecule has 1 amide bonds. The minimum absolute atomic E-state index is 0.00218. The molecule has 8 nitrogen and oxygen atoms in total. The number of phenols is 2. The van der Waals surface area contributed by atoms with E-state index in [1.807, 2.05) is 20.8 Å². The lowest BCUT2D eigenvalue weighted by Crippen LogP contribution is -2.23. The maximum Gasteiger partial charge on any atom is 0.274 e. The van der Waals surface area contributed by atoms with Crippen LogP contribution in [0.1, 0.15) is 42.7 Å². The molecule has 0 spiro atoms. The van der Waals surface area contributed by atoms with Crippen molar-refractivity contribution in [3.05, 3.63) is 35.8 Å². The van der Waals surface area contributed by atoms with Crippen LogP contribution < -0.4 is 5.32 Å². The first-order valence-electron chi connectivity index (χ1n) is 8.66. The molecule has 0 aliphatic heterocycles. The average Bonchev–Trinajstić information content (AvgIpc) is 3.20. The van der Waals surface area contributed by atoms with Gasteiger partial charge in [0.25, 0.3) is 5.91 Å². The summed E-state index contributed by atoms with van der Waals surface area (Å²) in [6, 6.07) is 2.92. The summed E-state index contributed by atoms with van der Waals surface area (Å²) >= 11 is 0. The summed E-state index contributed by atoms with van der Waals surface area (Å²) in [6.45, 7) is 6.11. The maximum atomic E-state index is 12.4. The number of hydrogen-bond acceptors (Lipinski definition) is 6. The topological polar surface area (TPSA) is 113 Å². The van der Waals surface area contributed by atoms with Crippen molar-refractivity contribution in [1.29, 1.82) is 0 Å². The highest BCUT2D eigenvalue weighted by molar-refractivity contribution is 6.02. The number of hydrogen-bond donors (Lipinski definition) is 3. The molecule has 0 aliphatic carbocycles. The predicted octanol–water partition coefficient (Wildman–Crippen LogP) is 3.03. The molecule has 0 atom stereocenters.